The van der Waals surface area contributed by atoms with E-state index in [4.69, 9.17) is 32.2 Å². The van der Waals surface area contributed by atoms with Gasteiger partial charge in [0.15, 0.2) is 11.6 Å². The summed E-state index contributed by atoms with van der Waals surface area (Å²) in [6, 6.07) is 14.2. The maximum atomic E-state index is 14.5. The fourth-order valence-electron chi connectivity index (χ4n) is 8.57. The lowest BCUT2D eigenvalue weighted by Crippen LogP contribution is -2.32. The van der Waals surface area contributed by atoms with Crippen LogP contribution in [0.25, 0.3) is 43.9 Å². The summed E-state index contributed by atoms with van der Waals surface area (Å²) in [5, 5.41) is 1.98. The number of benzene rings is 2. The topological polar surface area (TPSA) is 198 Å². The van der Waals surface area contributed by atoms with E-state index in [1.807, 2.05) is 42.2 Å². The van der Waals surface area contributed by atoms with Crippen LogP contribution in [-0.4, -0.2) is 57.6 Å². The Bertz CT molecular complexity index is 2630. The lowest BCUT2D eigenvalue weighted by atomic mass is 10.1. The minimum absolute atomic E-state index is 0.0413. The summed E-state index contributed by atoms with van der Waals surface area (Å²) < 4.78 is 6.39. The van der Waals surface area contributed by atoms with Crippen LogP contribution in [0.1, 0.15) is 108 Å². The smallest absolute Gasteiger partial charge is 0.325 e. The number of H-pyrrole nitrogens is 1. The monoisotopic (exact) mass is 815 g/mol. The van der Waals surface area contributed by atoms with Crippen LogP contribution in [0.4, 0.5) is 17.3 Å². The van der Waals surface area contributed by atoms with E-state index < -0.39 is 0 Å². The number of aromatic amines is 1. The molecule has 2 aromatic carbocycles. The van der Waals surface area contributed by atoms with Gasteiger partial charge in [-0.1, -0.05) is 63.4 Å². The predicted molar refractivity (Wildman–Crippen MR) is 244 cm³/mol. The molecule has 7 rings (SSSR count). The van der Waals surface area contributed by atoms with Gasteiger partial charge in [0.05, 0.1) is 27.8 Å². The highest BCUT2D eigenvalue weighted by atomic mass is 16.2. The van der Waals surface area contributed by atoms with E-state index in [1.165, 1.54) is 0 Å². The lowest BCUT2D eigenvalue weighted by Gasteiger charge is -2.25. The van der Waals surface area contributed by atoms with E-state index in [-0.39, 0.29) is 11.6 Å². The summed E-state index contributed by atoms with van der Waals surface area (Å²) in [6.45, 7) is 9.57. The zero-order valence-corrected chi connectivity index (χ0v) is 35.7. The van der Waals surface area contributed by atoms with Crippen LogP contribution in [0.3, 0.4) is 0 Å². The fourth-order valence-corrected chi connectivity index (χ4v) is 8.57. The Labute approximate surface area is 351 Å². The first kappa shape index (κ1) is 42.4. The zero-order chi connectivity index (χ0) is 42.2. The normalized spacial score (nSPS) is 11.9. The van der Waals surface area contributed by atoms with Gasteiger partial charge in [0.2, 0.25) is 5.91 Å². The maximum absolute atomic E-state index is 14.5. The summed E-state index contributed by atoms with van der Waals surface area (Å²) in [5.74, 6) is 2.88. The fraction of sp³-hybridized carbons (Fsp3) is 0.478. The number of nitrogens with zero attached hydrogens (tertiary/aromatic N) is 8. The van der Waals surface area contributed by atoms with Gasteiger partial charge in [0.25, 0.3) is 0 Å². The molecule has 7 N–H and O–H groups in total. The number of hydrogen-bond acceptors (Lipinski definition) is 9. The molecule has 0 aliphatic heterocycles. The van der Waals surface area contributed by atoms with Gasteiger partial charge >= 0.3 is 5.69 Å². The number of hydrogen-bond donors (Lipinski definition) is 4. The van der Waals surface area contributed by atoms with Crippen LogP contribution >= 0.6 is 0 Å². The zero-order valence-electron chi connectivity index (χ0n) is 35.7. The summed E-state index contributed by atoms with van der Waals surface area (Å²) in [5.41, 5.74) is 25.8. The number of aromatic nitrogens is 8. The van der Waals surface area contributed by atoms with Gasteiger partial charge in [-0.05, 0) is 77.0 Å². The molecule has 7 aromatic rings. The third kappa shape index (κ3) is 8.89. The van der Waals surface area contributed by atoms with E-state index in [1.54, 1.807) is 10.8 Å². The molecule has 0 bridgehead atoms. The van der Waals surface area contributed by atoms with E-state index in [9.17, 15) is 9.59 Å². The second-order valence-electron chi connectivity index (χ2n) is 16.1. The number of nitrogens with one attached hydrogen (secondary N) is 1. The first-order chi connectivity index (χ1) is 29.2. The first-order valence-corrected chi connectivity index (χ1v) is 22.1. The maximum Gasteiger partial charge on any atom is 0.325 e. The molecule has 0 saturated heterocycles. The molecule has 1 amide bonds. The highest BCUT2D eigenvalue weighted by Gasteiger charge is 2.24. The quantitative estimate of drug-likeness (QED) is 0.0491. The van der Waals surface area contributed by atoms with Crippen molar-refractivity contribution in [3.05, 3.63) is 76.5 Å². The van der Waals surface area contributed by atoms with Crippen LogP contribution in [-0.2, 0) is 37.3 Å². The molecule has 0 saturated carbocycles. The van der Waals surface area contributed by atoms with Gasteiger partial charge < -0.3 is 36.2 Å². The number of carbonyl (C=O) groups excluding carboxylic acids is 1. The molecule has 0 spiro atoms. The van der Waals surface area contributed by atoms with Crippen molar-refractivity contribution >= 4 is 67.1 Å². The number of imidazole rings is 3. The molecular formula is C46H62N12O2. The number of nitrogens with two attached hydrogens (primary N) is 3. The van der Waals surface area contributed by atoms with Crippen molar-refractivity contribution in [3.8, 4) is 0 Å². The Morgan fingerprint density at radius 3 is 1.97 bits per heavy atom. The Morgan fingerprint density at radius 2 is 1.30 bits per heavy atom. The number of carbonyl (C=O) groups is 1. The van der Waals surface area contributed by atoms with Gasteiger partial charge in [0.1, 0.15) is 22.7 Å². The SMILES string of the molecule is CCCCc1nc2c(N)nc3ccccc3c2n1CCCCN(C(=O)CCCCCn1c(C)c[nH]c1=O)c1cccc2c1nc(N)c1nc(CCCC)n(CCCCN)c12. The second-order valence-corrected chi connectivity index (χ2v) is 16.1. The van der Waals surface area contributed by atoms with Gasteiger partial charge in [-0.25, -0.2) is 24.7 Å². The number of fused-ring (bicyclic) bond motifs is 6. The van der Waals surface area contributed by atoms with Crippen LogP contribution < -0.4 is 27.8 Å². The molecule has 318 valence electrons. The lowest BCUT2D eigenvalue weighted by molar-refractivity contribution is -0.118. The Morgan fingerprint density at radius 1 is 0.683 bits per heavy atom. The number of amides is 1. The average Bonchev–Trinajstić information content (AvgIpc) is 3.92. The van der Waals surface area contributed by atoms with Crippen molar-refractivity contribution in [2.45, 2.75) is 130 Å². The minimum Gasteiger partial charge on any atom is -0.382 e. The number of rotatable bonds is 22. The molecule has 14 heteroatoms. The third-order valence-electron chi connectivity index (χ3n) is 11.8. The Balaban J connectivity index is 1.20. The highest BCUT2D eigenvalue weighted by Crippen LogP contribution is 2.36. The summed E-state index contributed by atoms with van der Waals surface area (Å²) >= 11 is 0. The predicted octanol–water partition coefficient (Wildman–Crippen LogP) is 7.94. The number of aryl methyl sites for hydroxylation is 5. The van der Waals surface area contributed by atoms with Gasteiger partial charge in [-0.15, -0.1) is 0 Å². The van der Waals surface area contributed by atoms with Crippen LogP contribution in [0.5, 0.6) is 0 Å². The van der Waals surface area contributed by atoms with Gasteiger partial charge in [-0.2, -0.15) is 0 Å². The first-order valence-electron chi connectivity index (χ1n) is 22.1. The number of anilines is 3. The molecule has 5 aromatic heterocycles. The molecule has 0 atom stereocenters. The highest BCUT2D eigenvalue weighted by molar-refractivity contribution is 6.12. The molecule has 14 nitrogen and oxygen atoms in total. The molecule has 0 aliphatic rings. The van der Waals surface area contributed by atoms with Crippen molar-refractivity contribution in [2.24, 2.45) is 5.73 Å². The van der Waals surface area contributed by atoms with E-state index >= 15 is 0 Å². The summed E-state index contributed by atoms with van der Waals surface area (Å²) in [4.78, 5) is 51.2. The number of unbranched alkanes of at least 4 members (excludes halogenated alkanes) is 6. The van der Waals surface area contributed by atoms with Gasteiger partial charge in [0, 0.05) is 68.1 Å². The molecule has 5 heterocycles. The number of pyridine rings is 2. The largest absolute Gasteiger partial charge is 0.382 e. The molecule has 0 aliphatic carbocycles. The van der Waals surface area contributed by atoms with Crippen molar-refractivity contribution in [2.75, 3.05) is 29.5 Å². The average molecular weight is 815 g/mol. The van der Waals surface area contributed by atoms with Crippen molar-refractivity contribution in [1.29, 1.82) is 0 Å². The second kappa shape index (κ2) is 19.5. The third-order valence-corrected chi connectivity index (χ3v) is 11.8. The molecule has 0 unspecified atom stereocenters. The van der Waals surface area contributed by atoms with Crippen LogP contribution in [0.2, 0.25) is 0 Å². The summed E-state index contributed by atoms with van der Waals surface area (Å²) in [7, 11) is 0. The van der Waals surface area contributed by atoms with E-state index in [2.05, 4.69) is 45.1 Å². The number of nitrogen functional groups attached to an aromatic ring is 2. The van der Waals surface area contributed by atoms with Gasteiger partial charge in [-0.3, -0.25) is 9.36 Å². The number of para-hydroxylation sites is 2. The van der Waals surface area contributed by atoms with E-state index in [0.29, 0.717) is 55.1 Å². The van der Waals surface area contributed by atoms with Crippen molar-refractivity contribution in [1.82, 2.24) is 38.6 Å². The van der Waals surface area contributed by atoms with Crippen molar-refractivity contribution < 1.29 is 4.79 Å². The molecule has 0 fully saturated rings. The standard InChI is InChI=1S/C46H62N12O2/c1-4-6-22-36-52-40-42(32-18-10-11-20-34(32)51-44(40)48)57(36)29-16-15-27-56(38(59)24-9-8-13-26-55-31(3)30-50-46(55)60)35-21-17-19-33-39(35)54-45(49)41-43(33)58(28-14-12-25-47)37(53-41)23-7-5-2/h10-11,17-21,30H,4-9,12-16,22-29,47H2,1-3H3,(H2,48,51)(H2,49,54)(H,50,60). The Hall–Kier alpha value is -5.76. The molecular weight excluding hydrogens is 753 g/mol. The minimum atomic E-state index is -0.0979. The Kier molecular flexibility index (Phi) is 13.8. The van der Waals surface area contributed by atoms with E-state index in [0.717, 1.165) is 146 Å². The van der Waals surface area contributed by atoms with Crippen molar-refractivity contribution in [3.63, 3.8) is 0 Å². The van der Waals surface area contributed by atoms with Crippen LogP contribution in [0, 0.1) is 6.92 Å². The molecule has 0 radical (unpaired) electrons. The molecule has 60 heavy (non-hydrogen) atoms. The van der Waals surface area contributed by atoms with Crippen LogP contribution in [0.15, 0.2) is 53.5 Å². The summed E-state index contributed by atoms with van der Waals surface area (Å²) in [6.07, 6.45) is 13.7.